The zero-order chi connectivity index (χ0) is 10.1. The van der Waals surface area contributed by atoms with E-state index < -0.39 is 0 Å². The van der Waals surface area contributed by atoms with Crippen molar-refractivity contribution in [3.63, 3.8) is 0 Å². The molecule has 1 aliphatic rings. The molecule has 0 atom stereocenters. The summed E-state index contributed by atoms with van der Waals surface area (Å²) in [6, 6.07) is 0. The van der Waals surface area contributed by atoms with Gasteiger partial charge in [0.2, 0.25) is 0 Å². The molecule has 1 fully saturated rings. The van der Waals surface area contributed by atoms with Gasteiger partial charge in [0.15, 0.2) is 0 Å². The van der Waals surface area contributed by atoms with E-state index in [-0.39, 0.29) is 0 Å². The topological polar surface area (TPSA) is 21.3 Å². The summed E-state index contributed by atoms with van der Waals surface area (Å²) in [5, 5.41) is 3.56. The van der Waals surface area contributed by atoms with Crippen molar-refractivity contribution in [1.29, 1.82) is 0 Å². The average molecular weight is 199 g/mol. The molecule has 0 heterocycles. The number of hydrogen-bond acceptors (Lipinski definition) is 2. The number of ether oxygens (including phenoxy) is 1. The standard InChI is InChI=1S/C12H25NO/c1-14-10-6-5-9-13-11-12-7-3-2-4-8-12/h12-13H,2-11H2,1H3. The molecule has 0 unspecified atom stereocenters. The van der Waals surface area contributed by atoms with Gasteiger partial charge in [-0.25, -0.2) is 0 Å². The monoisotopic (exact) mass is 199 g/mol. The van der Waals surface area contributed by atoms with Crippen molar-refractivity contribution >= 4 is 0 Å². The van der Waals surface area contributed by atoms with Crippen LogP contribution in [0.3, 0.4) is 0 Å². The Hall–Kier alpha value is -0.0800. The lowest BCUT2D eigenvalue weighted by Crippen LogP contribution is -2.25. The molecule has 1 rings (SSSR count). The molecule has 0 amide bonds. The summed E-state index contributed by atoms with van der Waals surface area (Å²) in [7, 11) is 1.77. The zero-order valence-corrected chi connectivity index (χ0v) is 9.56. The van der Waals surface area contributed by atoms with E-state index in [4.69, 9.17) is 4.74 Å². The molecule has 0 aromatic carbocycles. The fourth-order valence-corrected chi connectivity index (χ4v) is 2.19. The van der Waals surface area contributed by atoms with Crippen LogP contribution in [0.2, 0.25) is 0 Å². The first kappa shape index (κ1) is 12.0. The summed E-state index contributed by atoms with van der Waals surface area (Å²) in [5.41, 5.74) is 0. The van der Waals surface area contributed by atoms with Crippen molar-refractivity contribution in [2.75, 3.05) is 26.8 Å². The van der Waals surface area contributed by atoms with E-state index in [1.165, 1.54) is 58.0 Å². The molecule has 0 aromatic heterocycles. The summed E-state index contributed by atoms with van der Waals surface area (Å²) in [6.07, 6.45) is 9.71. The van der Waals surface area contributed by atoms with Crippen molar-refractivity contribution in [2.45, 2.75) is 44.9 Å². The summed E-state index contributed by atoms with van der Waals surface area (Å²) < 4.78 is 5.01. The highest BCUT2D eigenvalue weighted by atomic mass is 16.5. The highest BCUT2D eigenvalue weighted by molar-refractivity contribution is 4.67. The van der Waals surface area contributed by atoms with Crippen LogP contribution < -0.4 is 5.32 Å². The quantitative estimate of drug-likeness (QED) is 0.636. The maximum Gasteiger partial charge on any atom is 0.0462 e. The van der Waals surface area contributed by atoms with Gasteiger partial charge in [0, 0.05) is 13.7 Å². The van der Waals surface area contributed by atoms with Crippen LogP contribution in [0.4, 0.5) is 0 Å². The van der Waals surface area contributed by atoms with Gasteiger partial charge in [-0.2, -0.15) is 0 Å². The van der Waals surface area contributed by atoms with Gasteiger partial charge in [-0.05, 0) is 44.7 Å². The molecule has 1 saturated carbocycles. The van der Waals surface area contributed by atoms with E-state index in [0.717, 1.165) is 12.5 Å². The van der Waals surface area contributed by atoms with Crippen LogP contribution in [0.1, 0.15) is 44.9 Å². The molecule has 0 aliphatic heterocycles. The third kappa shape index (κ3) is 5.61. The minimum absolute atomic E-state index is 0.908. The van der Waals surface area contributed by atoms with E-state index in [9.17, 15) is 0 Å². The lowest BCUT2D eigenvalue weighted by molar-refractivity contribution is 0.192. The molecule has 1 aliphatic carbocycles. The number of rotatable bonds is 7. The molecule has 0 bridgehead atoms. The van der Waals surface area contributed by atoms with Crippen LogP contribution in [0.25, 0.3) is 0 Å². The predicted molar refractivity (Wildman–Crippen MR) is 60.6 cm³/mol. The zero-order valence-electron chi connectivity index (χ0n) is 9.56. The second-order valence-electron chi connectivity index (χ2n) is 4.41. The fourth-order valence-electron chi connectivity index (χ4n) is 2.19. The van der Waals surface area contributed by atoms with Crippen molar-refractivity contribution in [3.05, 3.63) is 0 Å². The first-order chi connectivity index (χ1) is 6.93. The second-order valence-corrected chi connectivity index (χ2v) is 4.41. The van der Waals surface area contributed by atoms with Gasteiger partial charge in [0.25, 0.3) is 0 Å². The highest BCUT2D eigenvalue weighted by Gasteiger charge is 2.11. The molecule has 1 N–H and O–H groups in total. The Balaban J connectivity index is 1.82. The summed E-state index contributed by atoms with van der Waals surface area (Å²) in [6.45, 7) is 3.32. The fraction of sp³-hybridized carbons (Fsp3) is 1.00. The predicted octanol–water partition coefficient (Wildman–Crippen LogP) is 2.58. The highest BCUT2D eigenvalue weighted by Crippen LogP contribution is 2.22. The first-order valence-corrected chi connectivity index (χ1v) is 6.13. The molecular weight excluding hydrogens is 174 g/mol. The smallest absolute Gasteiger partial charge is 0.0462 e. The minimum atomic E-state index is 0.908. The van der Waals surface area contributed by atoms with E-state index in [1.54, 1.807) is 7.11 Å². The number of hydrogen-bond donors (Lipinski definition) is 1. The van der Waals surface area contributed by atoms with Gasteiger partial charge in [-0.3, -0.25) is 0 Å². The molecular formula is C12H25NO. The van der Waals surface area contributed by atoms with Crippen LogP contribution in [-0.4, -0.2) is 26.8 Å². The van der Waals surface area contributed by atoms with Crippen molar-refractivity contribution in [2.24, 2.45) is 5.92 Å². The lowest BCUT2D eigenvalue weighted by Gasteiger charge is -2.21. The van der Waals surface area contributed by atoms with Crippen LogP contribution in [-0.2, 0) is 4.74 Å². The summed E-state index contributed by atoms with van der Waals surface area (Å²) >= 11 is 0. The summed E-state index contributed by atoms with van der Waals surface area (Å²) in [5.74, 6) is 0.964. The SMILES string of the molecule is COCCCCNCC1CCCCC1. The van der Waals surface area contributed by atoms with Gasteiger partial charge >= 0.3 is 0 Å². The van der Waals surface area contributed by atoms with Crippen LogP contribution in [0.5, 0.6) is 0 Å². The van der Waals surface area contributed by atoms with E-state index in [0.29, 0.717) is 0 Å². The van der Waals surface area contributed by atoms with Gasteiger partial charge < -0.3 is 10.1 Å². The normalized spacial score (nSPS) is 18.6. The number of nitrogens with one attached hydrogen (secondary N) is 1. The van der Waals surface area contributed by atoms with Crippen molar-refractivity contribution in [1.82, 2.24) is 5.32 Å². The Morgan fingerprint density at radius 2 is 1.93 bits per heavy atom. The molecule has 0 radical (unpaired) electrons. The van der Waals surface area contributed by atoms with Crippen LogP contribution in [0.15, 0.2) is 0 Å². The largest absolute Gasteiger partial charge is 0.385 e. The number of methoxy groups -OCH3 is 1. The molecule has 14 heavy (non-hydrogen) atoms. The Kier molecular flexibility index (Phi) is 7.06. The van der Waals surface area contributed by atoms with Gasteiger partial charge in [0.05, 0.1) is 0 Å². The lowest BCUT2D eigenvalue weighted by atomic mass is 9.89. The summed E-state index contributed by atoms with van der Waals surface area (Å²) in [4.78, 5) is 0. The van der Waals surface area contributed by atoms with E-state index in [1.807, 2.05) is 0 Å². The van der Waals surface area contributed by atoms with Crippen molar-refractivity contribution < 1.29 is 4.74 Å². The van der Waals surface area contributed by atoms with Crippen LogP contribution >= 0.6 is 0 Å². The van der Waals surface area contributed by atoms with Gasteiger partial charge in [0.1, 0.15) is 0 Å². The molecule has 0 saturated heterocycles. The maximum atomic E-state index is 5.01. The maximum absolute atomic E-state index is 5.01. The molecule has 2 heteroatoms. The third-order valence-electron chi connectivity index (χ3n) is 3.11. The first-order valence-electron chi connectivity index (χ1n) is 6.13. The Morgan fingerprint density at radius 1 is 1.14 bits per heavy atom. The molecule has 0 spiro atoms. The second kappa shape index (κ2) is 8.25. The molecule has 84 valence electrons. The minimum Gasteiger partial charge on any atom is -0.385 e. The third-order valence-corrected chi connectivity index (χ3v) is 3.11. The molecule has 2 nitrogen and oxygen atoms in total. The number of unbranched alkanes of at least 4 members (excludes halogenated alkanes) is 1. The average Bonchev–Trinajstić information content (AvgIpc) is 2.25. The Labute approximate surface area is 88.4 Å². The van der Waals surface area contributed by atoms with E-state index in [2.05, 4.69) is 5.32 Å². The Bertz CT molecular complexity index is 121. The van der Waals surface area contributed by atoms with E-state index >= 15 is 0 Å². The van der Waals surface area contributed by atoms with Crippen LogP contribution in [0, 0.1) is 5.92 Å². The van der Waals surface area contributed by atoms with Gasteiger partial charge in [-0.15, -0.1) is 0 Å². The Morgan fingerprint density at radius 3 is 2.64 bits per heavy atom. The van der Waals surface area contributed by atoms with Crippen molar-refractivity contribution in [3.8, 4) is 0 Å². The molecule has 0 aromatic rings. The van der Waals surface area contributed by atoms with Gasteiger partial charge in [-0.1, -0.05) is 19.3 Å².